The molecule has 0 unspecified atom stereocenters. The third-order valence-electron chi connectivity index (χ3n) is 4.08. The fourth-order valence-corrected chi connectivity index (χ4v) is 2.69. The molecule has 0 aliphatic heterocycles. The summed E-state index contributed by atoms with van der Waals surface area (Å²) in [4.78, 5) is 36.6. The molecule has 160 valence electrons. The van der Waals surface area contributed by atoms with Crippen LogP contribution < -0.4 is 10.1 Å². The van der Waals surface area contributed by atoms with Gasteiger partial charge in [0.25, 0.3) is 5.91 Å². The number of anilines is 1. The van der Waals surface area contributed by atoms with E-state index in [9.17, 15) is 14.4 Å². The monoisotopic (exact) mass is 423 g/mol. The molecule has 31 heavy (non-hydrogen) atoms. The number of nitrogens with one attached hydrogen (secondary N) is 1. The molecule has 0 spiro atoms. The molecule has 0 aliphatic rings. The fourth-order valence-electron chi connectivity index (χ4n) is 2.69. The van der Waals surface area contributed by atoms with E-state index in [2.05, 4.69) is 10.4 Å². The number of ether oxygens (including phenoxy) is 3. The van der Waals surface area contributed by atoms with E-state index in [1.807, 2.05) is 18.2 Å². The molecule has 0 radical (unpaired) electrons. The average molecular weight is 423 g/mol. The summed E-state index contributed by atoms with van der Waals surface area (Å²) < 4.78 is 16.2. The topological polar surface area (TPSA) is 109 Å². The van der Waals surface area contributed by atoms with Gasteiger partial charge in [0.1, 0.15) is 11.3 Å². The van der Waals surface area contributed by atoms with E-state index < -0.39 is 18.0 Å². The molecule has 1 amide bonds. The highest BCUT2D eigenvalue weighted by molar-refractivity contribution is 6.07. The Bertz CT molecular complexity index is 1060. The average Bonchev–Trinajstić information content (AvgIpc) is 3.18. The van der Waals surface area contributed by atoms with Crippen LogP contribution in [0.15, 0.2) is 60.8 Å². The molecule has 9 nitrogen and oxygen atoms in total. The van der Waals surface area contributed by atoms with Gasteiger partial charge in [-0.05, 0) is 50.2 Å². The zero-order chi connectivity index (χ0) is 22.2. The summed E-state index contributed by atoms with van der Waals surface area (Å²) in [6.45, 7) is 3.74. The second kappa shape index (κ2) is 10.1. The molecular formula is C22H21N3O6. The van der Waals surface area contributed by atoms with Gasteiger partial charge in [-0.15, -0.1) is 0 Å². The molecule has 1 aromatic heterocycles. The van der Waals surface area contributed by atoms with Crippen molar-refractivity contribution in [3.8, 4) is 11.4 Å². The number of hydrogen-bond acceptors (Lipinski definition) is 7. The molecule has 0 saturated heterocycles. The van der Waals surface area contributed by atoms with Crippen molar-refractivity contribution < 1.29 is 28.6 Å². The summed E-state index contributed by atoms with van der Waals surface area (Å²) in [6, 6.07) is 15.0. The van der Waals surface area contributed by atoms with E-state index in [-0.39, 0.29) is 35.9 Å². The van der Waals surface area contributed by atoms with Gasteiger partial charge in [-0.25, -0.2) is 14.3 Å². The highest BCUT2D eigenvalue weighted by atomic mass is 16.7. The lowest BCUT2D eigenvalue weighted by Crippen LogP contribution is -2.18. The number of carbonyl (C=O) groups is 3. The van der Waals surface area contributed by atoms with Crippen molar-refractivity contribution in [3.63, 3.8) is 0 Å². The number of amides is 1. The van der Waals surface area contributed by atoms with Crippen molar-refractivity contribution in [2.24, 2.45) is 0 Å². The van der Waals surface area contributed by atoms with Crippen molar-refractivity contribution in [1.82, 2.24) is 9.78 Å². The normalized spacial score (nSPS) is 10.3. The summed E-state index contributed by atoms with van der Waals surface area (Å²) >= 11 is 0. The predicted octanol–water partition coefficient (Wildman–Crippen LogP) is 3.84. The lowest BCUT2D eigenvalue weighted by molar-refractivity contribution is 0.0527. The minimum atomic E-state index is -0.828. The standard InChI is InChI=1S/C22H21N3O6/c1-3-29-21(27)18-14-23-25(16-8-6-5-7-9-16)19(18)24-20(26)15-10-12-17(13-11-15)31-22(28)30-4-2/h5-14H,3-4H2,1-2H3,(H,24,26). The van der Waals surface area contributed by atoms with Crippen LogP contribution in [0.25, 0.3) is 5.69 Å². The van der Waals surface area contributed by atoms with E-state index in [0.29, 0.717) is 5.69 Å². The molecule has 3 aromatic rings. The number of nitrogens with zero attached hydrogens (tertiary/aromatic N) is 2. The van der Waals surface area contributed by atoms with E-state index in [1.54, 1.807) is 26.0 Å². The maximum Gasteiger partial charge on any atom is 0.513 e. The summed E-state index contributed by atoms with van der Waals surface area (Å²) in [5.41, 5.74) is 1.07. The Morgan fingerprint density at radius 1 is 0.935 bits per heavy atom. The lowest BCUT2D eigenvalue weighted by atomic mass is 10.2. The van der Waals surface area contributed by atoms with Crippen LogP contribution in [0, 0.1) is 0 Å². The van der Waals surface area contributed by atoms with Crippen LogP contribution in [0.5, 0.6) is 5.75 Å². The first-order valence-corrected chi connectivity index (χ1v) is 9.60. The first-order chi connectivity index (χ1) is 15.0. The van der Waals surface area contributed by atoms with E-state index in [4.69, 9.17) is 14.2 Å². The Kier molecular flexibility index (Phi) is 7.00. The zero-order valence-electron chi connectivity index (χ0n) is 17.0. The minimum absolute atomic E-state index is 0.126. The summed E-state index contributed by atoms with van der Waals surface area (Å²) in [6.07, 6.45) is 0.516. The van der Waals surface area contributed by atoms with Crippen LogP contribution in [0.2, 0.25) is 0 Å². The highest BCUT2D eigenvalue weighted by Gasteiger charge is 2.22. The maximum absolute atomic E-state index is 12.8. The number of rotatable bonds is 7. The first-order valence-electron chi connectivity index (χ1n) is 9.60. The van der Waals surface area contributed by atoms with Gasteiger partial charge in [-0.3, -0.25) is 4.79 Å². The molecule has 3 rings (SSSR count). The molecule has 0 atom stereocenters. The Balaban J connectivity index is 1.85. The third kappa shape index (κ3) is 5.27. The SMILES string of the molecule is CCOC(=O)Oc1ccc(C(=O)Nc2c(C(=O)OCC)cnn2-c2ccccc2)cc1. The Labute approximate surface area is 178 Å². The lowest BCUT2D eigenvalue weighted by Gasteiger charge is -2.11. The Morgan fingerprint density at radius 2 is 1.61 bits per heavy atom. The number of para-hydroxylation sites is 1. The largest absolute Gasteiger partial charge is 0.513 e. The minimum Gasteiger partial charge on any atom is -0.462 e. The second-order valence-electron chi connectivity index (χ2n) is 6.14. The van der Waals surface area contributed by atoms with Gasteiger partial charge >= 0.3 is 12.1 Å². The smallest absolute Gasteiger partial charge is 0.462 e. The summed E-state index contributed by atoms with van der Waals surface area (Å²) in [5.74, 6) is -0.665. The van der Waals surface area contributed by atoms with E-state index >= 15 is 0 Å². The van der Waals surface area contributed by atoms with E-state index in [1.165, 1.54) is 35.1 Å². The molecule has 1 heterocycles. The van der Waals surface area contributed by atoms with Crippen LogP contribution in [-0.4, -0.2) is 41.0 Å². The molecule has 0 saturated carbocycles. The highest BCUT2D eigenvalue weighted by Crippen LogP contribution is 2.22. The number of carbonyl (C=O) groups excluding carboxylic acids is 3. The quantitative estimate of drug-likeness (QED) is 0.454. The van der Waals surface area contributed by atoms with Gasteiger partial charge in [-0.2, -0.15) is 5.10 Å². The molecule has 0 bridgehead atoms. The van der Waals surface area contributed by atoms with Crippen LogP contribution in [0.1, 0.15) is 34.6 Å². The third-order valence-corrected chi connectivity index (χ3v) is 4.08. The van der Waals surface area contributed by atoms with Gasteiger partial charge in [0, 0.05) is 5.56 Å². The molecule has 0 fully saturated rings. The van der Waals surface area contributed by atoms with Gasteiger partial charge in [0.15, 0.2) is 5.82 Å². The Hall–Kier alpha value is -4.14. The first kappa shape index (κ1) is 21.6. The van der Waals surface area contributed by atoms with Gasteiger partial charge < -0.3 is 19.5 Å². The van der Waals surface area contributed by atoms with Crippen LogP contribution >= 0.6 is 0 Å². The molecule has 1 N–H and O–H groups in total. The molecular weight excluding hydrogens is 402 g/mol. The van der Waals surface area contributed by atoms with Crippen molar-refractivity contribution in [3.05, 3.63) is 71.9 Å². The Morgan fingerprint density at radius 3 is 2.26 bits per heavy atom. The van der Waals surface area contributed by atoms with Crippen molar-refractivity contribution in [2.45, 2.75) is 13.8 Å². The fraction of sp³-hybridized carbons (Fsp3) is 0.182. The van der Waals surface area contributed by atoms with Gasteiger partial charge in [0.2, 0.25) is 0 Å². The van der Waals surface area contributed by atoms with Gasteiger partial charge in [-0.1, -0.05) is 18.2 Å². The summed E-state index contributed by atoms with van der Waals surface area (Å²) in [5, 5.41) is 6.95. The van der Waals surface area contributed by atoms with E-state index in [0.717, 1.165) is 0 Å². The number of hydrogen-bond donors (Lipinski definition) is 1. The molecule has 9 heteroatoms. The summed E-state index contributed by atoms with van der Waals surface area (Å²) in [7, 11) is 0. The second-order valence-corrected chi connectivity index (χ2v) is 6.14. The van der Waals surface area contributed by atoms with Crippen LogP contribution in [-0.2, 0) is 9.47 Å². The van der Waals surface area contributed by atoms with Gasteiger partial charge in [0.05, 0.1) is 25.1 Å². The van der Waals surface area contributed by atoms with Crippen LogP contribution in [0.4, 0.5) is 10.6 Å². The number of benzene rings is 2. The molecule has 2 aromatic carbocycles. The van der Waals surface area contributed by atoms with Crippen molar-refractivity contribution in [2.75, 3.05) is 18.5 Å². The predicted molar refractivity (Wildman–Crippen MR) is 112 cm³/mol. The number of esters is 1. The zero-order valence-corrected chi connectivity index (χ0v) is 17.0. The van der Waals surface area contributed by atoms with Crippen LogP contribution in [0.3, 0.4) is 0 Å². The molecule has 0 aliphatic carbocycles. The van der Waals surface area contributed by atoms with Crippen molar-refractivity contribution in [1.29, 1.82) is 0 Å². The number of aromatic nitrogens is 2. The van der Waals surface area contributed by atoms with Crippen molar-refractivity contribution >= 4 is 23.8 Å². The maximum atomic E-state index is 12.8.